The first-order valence-electron chi connectivity index (χ1n) is 8.10. The number of rotatable bonds is 4. The van der Waals surface area contributed by atoms with E-state index >= 15 is 0 Å². The maximum Gasteiger partial charge on any atom is 0.141 e. The fraction of sp³-hybridized carbons (Fsp3) is 0.412. The molecule has 0 amide bonds. The Morgan fingerprint density at radius 2 is 2.35 bits per heavy atom. The molecular formula is C17H19N5O. The number of Topliss-reactive ketones (excluding diaryl/α,β-unsaturated/α-hetero) is 1. The number of ketones is 1. The molecule has 118 valence electrons. The highest BCUT2D eigenvalue weighted by molar-refractivity contribution is 5.90. The first-order valence-corrected chi connectivity index (χ1v) is 8.10. The van der Waals surface area contributed by atoms with Crippen LogP contribution in [0.5, 0.6) is 0 Å². The molecular weight excluding hydrogens is 290 g/mol. The van der Waals surface area contributed by atoms with E-state index in [0.29, 0.717) is 24.5 Å². The molecule has 6 heteroatoms. The van der Waals surface area contributed by atoms with Crippen LogP contribution in [0, 0.1) is 5.92 Å². The third-order valence-corrected chi connectivity index (χ3v) is 4.81. The van der Waals surface area contributed by atoms with E-state index in [1.165, 1.54) is 0 Å². The first-order chi connectivity index (χ1) is 11.3. The normalized spacial score (nSPS) is 19.5. The molecule has 3 aromatic heterocycles. The summed E-state index contributed by atoms with van der Waals surface area (Å²) < 4.78 is 2.01. The van der Waals surface area contributed by atoms with Gasteiger partial charge in [-0.05, 0) is 24.8 Å². The monoisotopic (exact) mass is 309 g/mol. The van der Waals surface area contributed by atoms with Crippen LogP contribution < -0.4 is 0 Å². The fourth-order valence-electron chi connectivity index (χ4n) is 3.65. The van der Waals surface area contributed by atoms with Crippen molar-refractivity contribution in [2.75, 3.05) is 0 Å². The number of fused-ring (bicyclic) bond motifs is 1. The summed E-state index contributed by atoms with van der Waals surface area (Å²) in [7, 11) is 0. The summed E-state index contributed by atoms with van der Waals surface area (Å²) in [6.07, 6.45) is 10.7. The Morgan fingerprint density at radius 3 is 3.13 bits per heavy atom. The van der Waals surface area contributed by atoms with Crippen LogP contribution in [0.1, 0.15) is 38.6 Å². The van der Waals surface area contributed by atoms with Crippen LogP contribution in [0.4, 0.5) is 0 Å². The molecule has 1 saturated carbocycles. The van der Waals surface area contributed by atoms with Crippen LogP contribution in [0.25, 0.3) is 22.3 Å². The average molecular weight is 309 g/mol. The molecule has 0 saturated heterocycles. The van der Waals surface area contributed by atoms with Gasteiger partial charge in [0, 0.05) is 36.2 Å². The Labute approximate surface area is 134 Å². The zero-order valence-corrected chi connectivity index (χ0v) is 13.1. The Hall–Kier alpha value is -2.50. The zero-order chi connectivity index (χ0) is 15.8. The van der Waals surface area contributed by atoms with Gasteiger partial charge in [0.1, 0.15) is 17.8 Å². The molecule has 23 heavy (non-hydrogen) atoms. The van der Waals surface area contributed by atoms with Crippen LogP contribution in [0.3, 0.4) is 0 Å². The van der Waals surface area contributed by atoms with Gasteiger partial charge in [0.05, 0.1) is 17.9 Å². The molecule has 0 aromatic carbocycles. The largest absolute Gasteiger partial charge is 0.346 e. The van der Waals surface area contributed by atoms with Crippen molar-refractivity contribution in [3.05, 3.63) is 31.0 Å². The Bertz CT molecular complexity index is 849. The summed E-state index contributed by atoms with van der Waals surface area (Å²) >= 11 is 0. The highest BCUT2D eigenvalue weighted by Crippen LogP contribution is 2.35. The predicted octanol–water partition coefficient (Wildman–Crippen LogP) is 3.14. The van der Waals surface area contributed by atoms with Crippen molar-refractivity contribution in [2.24, 2.45) is 5.92 Å². The number of carbonyl (C=O) groups is 1. The van der Waals surface area contributed by atoms with Gasteiger partial charge in [0.15, 0.2) is 0 Å². The molecule has 2 atom stereocenters. The van der Waals surface area contributed by atoms with Crippen molar-refractivity contribution in [3.63, 3.8) is 0 Å². The Morgan fingerprint density at radius 1 is 1.43 bits per heavy atom. The highest BCUT2D eigenvalue weighted by Gasteiger charge is 2.30. The van der Waals surface area contributed by atoms with Crippen LogP contribution in [0.15, 0.2) is 31.0 Å². The summed E-state index contributed by atoms with van der Waals surface area (Å²) in [5, 5.41) is 5.56. The van der Waals surface area contributed by atoms with Gasteiger partial charge in [0.2, 0.25) is 0 Å². The SMILES string of the molecule is CCC([C@@H]1CCC(=O)C1)n1cc(-c2ncnc3[nH]ccc23)cn1. The van der Waals surface area contributed by atoms with Gasteiger partial charge in [-0.15, -0.1) is 0 Å². The lowest BCUT2D eigenvalue weighted by Gasteiger charge is -2.21. The molecule has 0 aliphatic heterocycles. The minimum Gasteiger partial charge on any atom is -0.346 e. The molecule has 1 aliphatic carbocycles. The molecule has 1 unspecified atom stereocenters. The van der Waals surface area contributed by atoms with Crippen molar-refractivity contribution >= 4 is 16.8 Å². The van der Waals surface area contributed by atoms with Crippen molar-refractivity contribution in [1.82, 2.24) is 24.7 Å². The van der Waals surface area contributed by atoms with E-state index < -0.39 is 0 Å². The molecule has 0 radical (unpaired) electrons. The first kappa shape index (κ1) is 14.1. The molecule has 0 bridgehead atoms. The van der Waals surface area contributed by atoms with Gasteiger partial charge < -0.3 is 4.98 Å². The molecule has 1 aliphatic rings. The van der Waals surface area contributed by atoms with E-state index in [1.54, 1.807) is 6.33 Å². The van der Waals surface area contributed by atoms with Crippen LogP contribution in [-0.2, 0) is 4.79 Å². The Kier molecular flexibility index (Phi) is 3.44. The topological polar surface area (TPSA) is 76.5 Å². The number of hydrogen-bond acceptors (Lipinski definition) is 4. The summed E-state index contributed by atoms with van der Waals surface area (Å²) in [6.45, 7) is 2.16. The zero-order valence-electron chi connectivity index (χ0n) is 13.1. The smallest absolute Gasteiger partial charge is 0.141 e. The lowest BCUT2D eigenvalue weighted by Crippen LogP contribution is -2.17. The van der Waals surface area contributed by atoms with Crippen LogP contribution >= 0.6 is 0 Å². The van der Waals surface area contributed by atoms with Crippen molar-refractivity contribution in [2.45, 2.75) is 38.6 Å². The van der Waals surface area contributed by atoms with E-state index in [4.69, 9.17) is 0 Å². The van der Waals surface area contributed by atoms with Crippen molar-refractivity contribution in [1.29, 1.82) is 0 Å². The van der Waals surface area contributed by atoms with Crippen LogP contribution in [-0.4, -0.2) is 30.5 Å². The minimum atomic E-state index is 0.277. The Balaban J connectivity index is 1.68. The van der Waals surface area contributed by atoms with Gasteiger partial charge in [-0.3, -0.25) is 9.48 Å². The second-order valence-corrected chi connectivity index (χ2v) is 6.19. The average Bonchev–Trinajstić information content (AvgIpc) is 3.28. The van der Waals surface area contributed by atoms with E-state index in [0.717, 1.165) is 35.1 Å². The summed E-state index contributed by atoms with van der Waals surface area (Å²) in [5.41, 5.74) is 2.70. The molecule has 3 aromatic rings. The number of H-pyrrole nitrogens is 1. The number of aromatic amines is 1. The van der Waals surface area contributed by atoms with E-state index in [9.17, 15) is 4.79 Å². The van der Waals surface area contributed by atoms with Gasteiger partial charge in [0.25, 0.3) is 0 Å². The molecule has 4 rings (SSSR count). The molecule has 0 spiro atoms. The van der Waals surface area contributed by atoms with E-state index in [1.807, 2.05) is 29.3 Å². The molecule has 6 nitrogen and oxygen atoms in total. The summed E-state index contributed by atoms with van der Waals surface area (Å²) in [5.74, 6) is 0.781. The number of carbonyl (C=O) groups excluding carboxylic acids is 1. The summed E-state index contributed by atoms with van der Waals surface area (Å²) in [4.78, 5) is 23.3. The lowest BCUT2D eigenvalue weighted by atomic mass is 9.96. The number of hydrogen-bond donors (Lipinski definition) is 1. The van der Waals surface area contributed by atoms with E-state index in [-0.39, 0.29) is 6.04 Å². The lowest BCUT2D eigenvalue weighted by molar-refractivity contribution is -0.117. The van der Waals surface area contributed by atoms with Crippen LogP contribution in [0.2, 0.25) is 0 Å². The summed E-state index contributed by atoms with van der Waals surface area (Å²) in [6, 6.07) is 2.26. The van der Waals surface area contributed by atoms with Crippen molar-refractivity contribution in [3.8, 4) is 11.3 Å². The maximum absolute atomic E-state index is 11.6. The predicted molar refractivity (Wildman–Crippen MR) is 86.8 cm³/mol. The maximum atomic E-state index is 11.6. The second kappa shape index (κ2) is 5.61. The van der Waals surface area contributed by atoms with Gasteiger partial charge in [-0.2, -0.15) is 5.10 Å². The number of nitrogens with zero attached hydrogens (tertiary/aromatic N) is 4. The van der Waals surface area contributed by atoms with Gasteiger partial charge >= 0.3 is 0 Å². The minimum absolute atomic E-state index is 0.277. The number of aromatic nitrogens is 5. The van der Waals surface area contributed by atoms with Gasteiger partial charge in [-0.25, -0.2) is 9.97 Å². The quantitative estimate of drug-likeness (QED) is 0.803. The molecule has 3 heterocycles. The number of nitrogens with one attached hydrogen (secondary N) is 1. The highest BCUT2D eigenvalue weighted by atomic mass is 16.1. The van der Waals surface area contributed by atoms with E-state index in [2.05, 4.69) is 27.0 Å². The van der Waals surface area contributed by atoms with Crippen molar-refractivity contribution < 1.29 is 4.79 Å². The third kappa shape index (κ3) is 2.44. The fourth-order valence-corrected chi connectivity index (χ4v) is 3.65. The molecule has 1 N–H and O–H groups in total. The van der Waals surface area contributed by atoms with Gasteiger partial charge in [-0.1, -0.05) is 6.92 Å². The third-order valence-electron chi connectivity index (χ3n) is 4.81. The molecule has 1 fully saturated rings. The standard InChI is InChI=1S/C17H19N5O/c1-2-15(11-3-4-13(23)7-11)22-9-12(8-21-22)16-14-5-6-18-17(14)20-10-19-16/h5-6,8-11,15H,2-4,7H2,1H3,(H,18,19,20)/t11-,15?/m1/s1. The second-order valence-electron chi connectivity index (χ2n) is 6.19.